The molecule has 0 unspecified atom stereocenters. The molecule has 1 N–H and O–H groups in total. The molecule has 72 valence electrons. The van der Waals surface area contributed by atoms with Gasteiger partial charge in [-0.1, -0.05) is 0 Å². The number of unbranched alkanes of at least 4 members (excludes halogenated alkanes) is 1. The third-order valence-electron chi connectivity index (χ3n) is 1.39. The average Bonchev–Trinajstić information content (AvgIpc) is 1.96. The molecule has 0 heterocycles. The molecule has 0 spiro atoms. The molecule has 1 atom stereocenters. The lowest BCUT2D eigenvalue weighted by atomic mass is 10.2. The van der Waals surface area contributed by atoms with Crippen LogP contribution in [0.2, 0.25) is 0 Å². The minimum Gasteiger partial charge on any atom is -0.469 e. The van der Waals surface area contributed by atoms with Crippen LogP contribution in [0.5, 0.6) is 0 Å². The predicted molar refractivity (Wildman–Crippen MR) is 47.5 cm³/mol. The van der Waals surface area contributed by atoms with E-state index in [0.29, 0.717) is 25.0 Å². The molecular weight excluding hydrogens is 178 g/mol. The number of esters is 1. The van der Waals surface area contributed by atoms with Crippen LogP contribution in [0.1, 0.15) is 19.3 Å². The Kier molecular flexibility index (Phi) is 4.89. The summed E-state index contributed by atoms with van der Waals surface area (Å²) in [5.41, 5.74) is 0. The van der Waals surface area contributed by atoms with Crippen LogP contribution in [0.4, 0.5) is 0 Å². The summed E-state index contributed by atoms with van der Waals surface area (Å²) in [6, 6.07) is 0. The zero-order valence-electron chi connectivity index (χ0n) is 7.46. The number of hydrogen-bond donors (Lipinski definition) is 1. The first kappa shape index (κ1) is 11.4. The van der Waals surface area contributed by atoms with E-state index in [4.69, 9.17) is 4.78 Å². The summed E-state index contributed by atoms with van der Waals surface area (Å²) in [6.07, 6.45) is 3.06. The molecular formula is C7H15NO3S. The minimum absolute atomic E-state index is 0.248. The lowest BCUT2D eigenvalue weighted by molar-refractivity contribution is -0.140. The maximum Gasteiger partial charge on any atom is 0.305 e. The van der Waals surface area contributed by atoms with Crippen molar-refractivity contribution in [3.63, 3.8) is 0 Å². The van der Waals surface area contributed by atoms with Gasteiger partial charge in [0.2, 0.25) is 0 Å². The summed E-state index contributed by atoms with van der Waals surface area (Å²) in [5.74, 6) is 0.117. The molecule has 12 heavy (non-hydrogen) atoms. The Balaban J connectivity index is 3.40. The van der Waals surface area contributed by atoms with E-state index in [2.05, 4.69) is 4.74 Å². The van der Waals surface area contributed by atoms with Crippen molar-refractivity contribution < 1.29 is 13.7 Å². The van der Waals surface area contributed by atoms with E-state index in [1.54, 1.807) is 0 Å². The van der Waals surface area contributed by atoms with Crippen molar-refractivity contribution in [1.29, 1.82) is 4.78 Å². The highest BCUT2D eigenvalue weighted by molar-refractivity contribution is 7.91. The van der Waals surface area contributed by atoms with Gasteiger partial charge in [-0.15, -0.1) is 0 Å². The van der Waals surface area contributed by atoms with Gasteiger partial charge < -0.3 is 4.74 Å². The number of carbonyl (C=O) groups excluding carboxylic acids is 1. The van der Waals surface area contributed by atoms with Crippen LogP contribution in [0.3, 0.4) is 0 Å². The highest BCUT2D eigenvalue weighted by atomic mass is 32.2. The number of rotatable bonds is 5. The van der Waals surface area contributed by atoms with E-state index in [-0.39, 0.29) is 5.97 Å². The smallest absolute Gasteiger partial charge is 0.305 e. The van der Waals surface area contributed by atoms with Crippen LogP contribution in [0, 0.1) is 4.78 Å². The summed E-state index contributed by atoms with van der Waals surface area (Å²) in [5, 5.41) is 0. The molecule has 0 aliphatic heterocycles. The lowest BCUT2D eigenvalue weighted by Crippen LogP contribution is -2.04. The fourth-order valence-corrected chi connectivity index (χ4v) is 1.50. The van der Waals surface area contributed by atoms with Gasteiger partial charge in [-0.2, -0.15) is 0 Å². The molecule has 0 aliphatic rings. The van der Waals surface area contributed by atoms with Crippen LogP contribution < -0.4 is 0 Å². The highest BCUT2D eigenvalue weighted by Gasteiger charge is 2.01. The zero-order valence-corrected chi connectivity index (χ0v) is 8.28. The predicted octanol–water partition coefficient (Wildman–Crippen LogP) is 1.01. The third-order valence-corrected chi connectivity index (χ3v) is 2.46. The summed E-state index contributed by atoms with van der Waals surface area (Å²) in [4.78, 5) is 10.6. The van der Waals surface area contributed by atoms with Crippen LogP contribution in [-0.2, 0) is 19.3 Å². The van der Waals surface area contributed by atoms with Gasteiger partial charge in [-0.05, 0) is 12.8 Å². The topological polar surface area (TPSA) is 67.2 Å². The summed E-state index contributed by atoms with van der Waals surface area (Å²) in [6.45, 7) is 0. The monoisotopic (exact) mass is 193 g/mol. The Bertz CT molecular complexity index is 233. The Morgan fingerprint density at radius 1 is 1.50 bits per heavy atom. The van der Waals surface area contributed by atoms with Gasteiger partial charge in [0.1, 0.15) is 0 Å². The molecule has 5 heteroatoms. The van der Waals surface area contributed by atoms with Gasteiger partial charge in [0.05, 0.1) is 7.11 Å². The lowest BCUT2D eigenvalue weighted by Gasteiger charge is -2.00. The van der Waals surface area contributed by atoms with Gasteiger partial charge in [-0.3, -0.25) is 13.8 Å². The second-order valence-corrected chi connectivity index (χ2v) is 5.16. The maximum atomic E-state index is 10.9. The molecule has 0 bridgehead atoms. The van der Waals surface area contributed by atoms with E-state index in [9.17, 15) is 9.00 Å². The van der Waals surface area contributed by atoms with Crippen LogP contribution >= 0.6 is 0 Å². The molecule has 0 radical (unpaired) electrons. The van der Waals surface area contributed by atoms with Gasteiger partial charge in [0, 0.05) is 28.2 Å². The molecule has 0 aliphatic carbocycles. The Hall–Kier alpha value is -0.580. The fraction of sp³-hybridized carbons (Fsp3) is 0.857. The van der Waals surface area contributed by atoms with E-state index in [1.807, 2.05) is 0 Å². The van der Waals surface area contributed by atoms with Crippen molar-refractivity contribution in [3.8, 4) is 0 Å². The molecule has 0 aromatic carbocycles. The van der Waals surface area contributed by atoms with Crippen molar-refractivity contribution in [2.75, 3.05) is 19.1 Å². The maximum absolute atomic E-state index is 10.9. The first-order valence-corrected chi connectivity index (χ1v) is 5.87. The van der Waals surface area contributed by atoms with Gasteiger partial charge in [-0.25, -0.2) is 0 Å². The second-order valence-electron chi connectivity index (χ2n) is 2.74. The molecule has 0 saturated carbocycles. The third kappa shape index (κ3) is 7.53. The van der Waals surface area contributed by atoms with Gasteiger partial charge in [0.15, 0.2) is 0 Å². The van der Waals surface area contributed by atoms with E-state index >= 15 is 0 Å². The standard InChI is InChI=1S/C7H15NO3S/c1-11-7(9)5-3-4-6-12(2,8)10/h8H,3-6H2,1-2H3/t12-/m1/s1. The number of carbonyl (C=O) groups is 1. The van der Waals surface area contributed by atoms with Crippen molar-refractivity contribution in [1.82, 2.24) is 0 Å². The molecule has 0 aromatic rings. The quantitative estimate of drug-likeness (QED) is 0.523. The number of methoxy groups -OCH3 is 1. The SMILES string of the molecule is COC(=O)CCCC[S@](C)(=N)=O. The van der Waals surface area contributed by atoms with Crippen molar-refractivity contribution in [3.05, 3.63) is 0 Å². The van der Waals surface area contributed by atoms with Crippen LogP contribution in [-0.4, -0.2) is 29.3 Å². The minimum atomic E-state index is -2.38. The molecule has 0 rings (SSSR count). The normalized spacial score (nSPS) is 15.2. The highest BCUT2D eigenvalue weighted by Crippen LogP contribution is 1.99. The first-order valence-electron chi connectivity index (χ1n) is 3.74. The average molecular weight is 193 g/mol. The van der Waals surface area contributed by atoms with E-state index in [0.717, 1.165) is 0 Å². The van der Waals surface area contributed by atoms with Crippen molar-refractivity contribution in [2.24, 2.45) is 0 Å². The van der Waals surface area contributed by atoms with Crippen molar-refractivity contribution in [2.45, 2.75) is 19.3 Å². The first-order chi connectivity index (χ1) is 5.45. The number of nitrogens with one attached hydrogen (secondary N) is 1. The fourth-order valence-electron chi connectivity index (χ4n) is 0.749. The summed E-state index contributed by atoms with van der Waals surface area (Å²) >= 11 is 0. The largest absolute Gasteiger partial charge is 0.469 e. The number of hydrogen-bond acceptors (Lipinski definition) is 4. The van der Waals surface area contributed by atoms with Crippen LogP contribution in [0.25, 0.3) is 0 Å². The Labute approximate surface area is 73.3 Å². The second kappa shape index (κ2) is 5.13. The molecule has 0 amide bonds. The number of ether oxygens (including phenoxy) is 1. The molecule has 0 saturated heterocycles. The van der Waals surface area contributed by atoms with Crippen LogP contribution in [0.15, 0.2) is 0 Å². The van der Waals surface area contributed by atoms with E-state index in [1.165, 1.54) is 13.4 Å². The van der Waals surface area contributed by atoms with Crippen molar-refractivity contribution >= 4 is 15.7 Å². The Morgan fingerprint density at radius 3 is 2.50 bits per heavy atom. The summed E-state index contributed by atoms with van der Waals surface area (Å²) in [7, 11) is -1.04. The molecule has 0 fully saturated rings. The van der Waals surface area contributed by atoms with Gasteiger partial charge in [0.25, 0.3) is 0 Å². The Morgan fingerprint density at radius 2 is 2.08 bits per heavy atom. The molecule has 4 nitrogen and oxygen atoms in total. The summed E-state index contributed by atoms with van der Waals surface area (Å²) < 4.78 is 22.4. The zero-order chi connectivity index (χ0) is 9.61. The van der Waals surface area contributed by atoms with E-state index < -0.39 is 9.73 Å². The van der Waals surface area contributed by atoms with Gasteiger partial charge >= 0.3 is 5.97 Å². The molecule has 0 aromatic heterocycles.